The Morgan fingerprint density at radius 2 is 2.03 bits per heavy atom. The highest BCUT2D eigenvalue weighted by molar-refractivity contribution is 6.00. The Hall–Kier alpha value is -3.91. The summed E-state index contributed by atoms with van der Waals surface area (Å²) < 4.78 is 7.48. The van der Waals surface area contributed by atoms with Crippen molar-refractivity contribution in [2.24, 2.45) is 7.05 Å². The minimum atomic E-state index is -0.154. The number of ether oxygens (including phenoxy) is 1. The zero-order valence-electron chi connectivity index (χ0n) is 18.7. The van der Waals surface area contributed by atoms with E-state index in [-0.39, 0.29) is 6.23 Å². The number of pyridine rings is 1. The first kappa shape index (κ1) is 21.0. The molecule has 33 heavy (non-hydrogen) atoms. The number of benzene rings is 1. The van der Waals surface area contributed by atoms with Crippen molar-refractivity contribution in [2.45, 2.75) is 25.5 Å². The van der Waals surface area contributed by atoms with Crippen LogP contribution in [0.4, 0.5) is 11.5 Å². The molecule has 0 saturated heterocycles. The maximum Gasteiger partial charge on any atom is 0.149 e. The Labute approximate surface area is 192 Å². The van der Waals surface area contributed by atoms with E-state index in [0.29, 0.717) is 5.82 Å². The van der Waals surface area contributed by atoms with Gasteiger partial charge in [-0.25, -0.2) is 4.98 Å². The predicted molar refractivity (Wildman–Crippen MR) is 130 cm³/mol. The van der Waals surface area contributed by atoms with Crippen molar-refractivity contribution in [2.75, 3.05) is 18.2 Å². The number of aryl methyl sites for hydroxylation is 1. The Balaban J connectivity index is 1.38. The summed E-state index contributed by atoms with van der Waals surface area (Å²) in [5.41, 5.74) is 13.5. The number of aromatic nitrogens is 5. The van der Waals surface area contributed by atoms with Crippen LogP contribution in [0.2, 0.25) is 0 Å². The highest BCUT2D eigenvalue weighted by Crippen LogP contribution is 2.33. The Bertz CT molecular complexity index is 1330. The molecule has 4 N–H and O–H groups in total. The van der Waals surface area contributed by atoms with Crippen LogP contribution in [0.3, 0.4) is 0 Å². The highest BCUT2D eigenvalue weighted by atomic mass is 16.5. The fourth-order valence-electron chi connectivity index (χ4n) is 4.29. The van der Waals surface area contributed by atoms with Gasteiger partial charge in [-0.3, -0.25) is 9.78 Å². The van der Waals surface area contributed by atoms with E-state index in [1.54, 1.807) is 18.0 Å². The van der Waals surface area contributed by atoms with Gasteiger partial charge in [-0.15, -0.1) is 0 Å². The van der Waals surface area contributed by atoms with Crippen molar-refractivity contribution < 1.29 is 4.74 Å². The third-order valence-corrected chi connectivity index (χ3v) is 6.02. The average molecular weight is 442 g/mol. The molecule has 4 aromatic rings. The van der Waals surface area contributed by atoms with Gasteiger partial charge >= 0.3 is 0 Å². The highest BCUT2D eigenvalue weighted by Gasteiger charge is 2.20. The lowest BCUT2D eigenvalue weighted by atomic mass is 9.93. The van der Waals surface area contributed by atoms with E-state index in [1.165, 1.54) is 11.1 Å². The first-order chi connectivity index (χ1) is 16.1. The SMILES string of the molecule is COC(Nc1ccccc1)C1=CC=C(Cc2n[nH]c3c(-c4cnn(C)c4)cnc(N)c23)CC1. The van der Waals surface area contributed by atoms with Gasteiger partial charge in [-0.05, 0) is 30.5 Å². The molecule has 0 amide bonds. The molecule has 1 atom stereocenters. The molecule has 0 aliphatic heterocycles. The monoisotopic (exact) mass is 441 g/mol. The van der Waals surface area contributed by atoms with Crippen LogP contribution in [-0.2, 0) is 18.2 Å². The molecule has 0 fully saturated rings. The Morgan fingerprint density at radius 3 is 2.73 bits per heavy atom. The van der Waals surface area contributed by atoms with Crippen molar-refractivity contribution in [3.05, 3.63) is 77.9 Å². The van der Waals surface area contributed by atoms with Crippen LogP contribution < -0.4 is 11.1 Å². The maximum atomic E-state index is 6.26. The molecule has 0 spiro atoms. The van der Waals surface area contributed by atoms with Crippen LogP contribution in [0.5, 0.6) is 0 Å². The zero-order chi connectivity index (χ0) is 22.8. The minimum absolute atomic E-state index is 0.154. The Kier molecular flexibility index (Phi) is 5.66. The van der Waals surface area contributed by atoms with Gasteiger partial charge in [-0.2, -0.15) is 10.2 Å². The second kappa shape index (κ2) is 8.91. The van der Waals surface area contributed by atoms with E-state index < -0.39 is 0 Å². The summed E-state index contributed by atoms with van der Waals surface area (Å²) >= 11 is 0. The van der Waals surface area contributed by atoms with Gasteiger partial charge in [0.15, 0.2) is 0 Å². The van der Waals surface area contributed by atoms with Crippen LogP contribution >= 0.6 is 0 Å². The summed E-state index contributed by atoms with van der Waals surface area (Å²) in [5.74, 6) is 0.487. The van der Waals surface area contributed by atoms with Crippen molar-refractivity contribution in [3.63, 3.8) is 0 Å². The van der Waals surface area contributed by atoms with Crippen molar-refractivity contribution in [1.82, 2.24) is 25.0 Å². The van der Waals surface area contributed by atoms with Crippen LogP contribution in [0.15, 0.2) is 72.2 Å². The minimum Gasteiger partial charge on any atom is -0.383 e. The molecule has 0 radical (unpaired) electrons. The lowest BCUT2D eigenvalue weighted by Crippen LogP contribution is -2.25. The normalized spacial score (nSPS) is 14.7. The molecule has 1 aliphatic rings. The number of hydrogen-bond acceptors (Lipinski definition) is 6. The second-order valence-corrected chi connectivity index (χ2v) is 8.25. The fourth-order valence-corrected chi connectivity index (χ4v) is 4.29. The number of methoxy groups -OCH3 is 1. The van der Waals surface area contributed by atoms with Crippen LogP contribution in [0.25, 0.3) is 22.0 Å². The number of nitrogens with zero attached hydrogens (tertiary/aromatic N) is 4. The summed E-state index contributed by atoms with van der Waals surface area (Å²) in [6, 6.07) is 10.1. The number of H-pyrrole nitrogens is 1. The lowest BCUT2D eigenvalue weighted by Gasteiger charge is -2.24. The number of nitrogens with one attached hydrogen (secondary N) is 2. The second-order valence-electron chi connectivity index (χ2n) is 8.25. The van der Waals surface area contributed by atoms with Gasteiger partial charge in [0.2, 0.25) is 0 Å². The summed E-state index contributed by atoms with van der Waals surface area (Å²) in [6.07, 6.45) is 12.3. The third kappa shape index (κ3) is 4.25. The van der Waals surface area contributed by atoms with E-state index in [9.17, 15) is 0 Å². The number of anilines is 2. The quantitative estimate of drug-likeness (QED) is 0.371. The van der Waals surface area contributed by atoms with Crippen molar-refractivity contribution in [1.29, 1.82) is 0 Å². The molecule has 0 saturated carbocycles. The summed E-state index contributed by atoms with van der Waals surface area (Å²) in [6.45, 7) is 0. The van der Waals surface area contributed by atoms with Crippen LogP contribution in [0, 0.1) is 0 Å². The van der Waals surface area contributed by atoms with Gasteiger partial charge in [0, 0.05) is 49.8 Å². The number of allylic oxidation sites excluding steroid dienone is 3. The van der Waals surface area contributed by atoms with E-state index in [0.717, 1.165) is 52.7 Å². The predicted octanol–water partition coefficient (Wildman–Crippen LogP) is 4.21. The third-order valence-electron chi connectivity index (χ3n) is 6.02. The van der Waals surface area contributed by atoms with Gasteiger partial charge in [0.1, 0.15) is 12.0 Å². The van der Waals surface area contributed by atoms with E-state index in [2.05, 4.69) is 37.7 Å². The van der Waals surface area contributed by atoms with E-state index in [1.807, 2.05) is 49.8 Å². The Morgan fingerprint density at radius 1 is 1.18 bits per heavy atom. The van der Waals surface area contributed by atoms with E-state index in [4.69, 9.17) is 10.5 Å². The molecule has 1 aromatic carbocycles. The molecule has 168 valence electrons. The summed E-state index contributed by atoms with van der Waals surface area (Å²) in [7, 11) is 3.62. The molecule has 5 rings (SSSR count). The first-order valence-electron chi connectivity index (χ1n) is 11.0. The number of nitrogens with two attached hydrogens (primary N) is 1. The number of aromatic amines is 1. The molecule has 3 heterocycles. The van der Waals surface area contributed by atoms with Gasteiger partial charge in [0.05, 0.1) is 22.8 Å². The molecular weight excluding hydrogens is 414 g/mol. The standard InChI is InChI=1S/C25H27N7O/c1-32-15-18(13-28-32)20-14-27-24(26)22-21(30-31-23(20)22)12-16-8-10-17(11-9-16)25(33-2)29-19-6-4-3-5-7-19/h3-8,10,13-15,25,29H,9,11-12H2,1-2H3,(H2,26,27)(H,30,31). The average Bonchev–Trinajstić information content (AvgIpc) is 3.46. The topological polar surface area (TPSA) is 107 Å². The molecule has 1 unspecified atom stereocenters. The molecule has 3 aromatic heterocycles. The van der Waals surface area contributed by atoms with Crippen LogP contribution in [-0.4, -0.2) is 38.3 Å². The van der Waals surface area contributed by atoms with Crippen molar-refractivity contribution >= 4 is 22.4 Å². The van der Waals surface area contributed by atoms with Gasteiger partial charge in [-0.1, -0.05) is 35.9 Å². The van der Waals surface area contributed by atoms with E-state index >= 15 is 0 Å². The smallest absolute Gasteiger partial charge is 0.149 e. The van der Waals surface area contributed by atoms with Crippen molar-refractivity contribution in [3.8, 4) is 11.1 Å². The number of para-hydroxylation sites is 1. The maximum absolute atomic E-state index is 6.26. The number of hydrogen-bond donors (Lipinski definition) is 3. The number of rotatable bonds is 7. The largest absolute Gasteiger partial charge is 0.383 e. The molecular formula is C25H27N7O. The number of fused-ring (bicyclic) bond motifs is 1. The zero-order valence-corrected chi connectivity index (χ0v) is 18.7. The molecule has 8 nitrogen and oxygen atoms in total. The summed E-state index contributed by atoms with van der Waals surface area (Å²) in [5, 5.41) is 16.4. The first-order valence-corrected chi connectivity index (χ1v) is 11.0. The fraction of sp³-hybridized carbons (Fsp3) is 0.240. The number of nitrogen functional groups attached to an aromatic ring is 1. The molecule has 8 heteroatoms. The molecule has 1 aliphatic carbocycles. The lowest BCUT2D eigenvalue weighted by molar-refractivity contribution is 0.150. The van der Waals surface area contributed by atoms with Gasteiger partial charge < -0.3 is 15.8 Å². The van der Waals surface area contributed by atoms with Crippen LogP contribution in [0.1, 0.15) is 18.5 Å². The summed E-state index contributed by atoms with van der Waals surface area (Å²) in [4.78, 5) is 4.43. The molecule has 0 bridgehead atoms. The van der Waals surface area contributed by atoms with Gasteiger partial charge in [0.25, 0.3) is 0 Å².